The van der Waals surface area contributed by atoms with Gasteiger partial charge in [-0.15, -0.1) is 0 Å². The molecule has 4 rings (SSSR count). The summed E-state index contributed by atoms with van der Waals surface area (Å²) >= 11 is 0. The molecule has 0 bridgehead atoms. The molecular formula is C23H24O4. The number of methoxy groups -OCH3 is 2. The number of rotatable bonds is 4. The number of ether oxygens (including phenoxy) is 2. The van der Waals surface area contributed by atoms with Crippen molar-refractivity contribution >= 4 is 11.9 Å². The van der Waals surface area contributed by atoms with Gasteiger partial charge in [0.05, 0.1) is 25.6 Å². The summed E-state index contributed by atoms with van der Waals surface area (Å²) in [4.78, 5) is 26.0. The third-order valence-electron chi connectivity index (χ3n) is 7.15. The zero-order valence-electron chi connectivity index (χ0n) is 16.1. The van der Waals surface area contributed by atoms with Crippen molar-refractivity contribution < 1.29 is 19.1 Å². The Morgan fingerprint density at radius 1 is 0.852 bits per heavy atom. The second-order valence-corrected chi connectivity index (χ2v) is 7.99. The molecule has 2 aliphatic rings. The van der Waals surface area contributed by atoms with Crippen LogP contribution in [-0.2, 0) is 24.5 Å². The van der Waals surface area contributed by atoms with Crippen molar-refractivity contribution in [2.24, 2.45) is 16.7 Å². The molecule has 0 aliphatic heterocycles. The quantitative estimate of drug-likeness (QED) is 0.776. The van der Waals surface area contributed by atoms with Gasteiger partial charge in [-0.05, 0) is 16.5 Å². The average Bonchev–Trinajstić information content (AvgIpc) is 3.06. The Hall–Kier alpha value is -2.62. The summed E-state index contributed by atoms with van der Waals surface area (Å²) in [6.45, 7) is 4.13. The molecule has 4 nitrogen and oxygen atoms in total. The Morgan fingerprint density at radius 3 is 1.93 bits per heavy atom. The Balaban J connectivity index is 2.00. The molecule has 2 aromatic rings. The van der Waals surface area contributed by atoms with E-state index >= 15 is 0 Å². The van der Waals surface area contributed by atoms with Crippen LogP contribution in [0.4, 0.5) is 0 Å². The number of hydrogen-bond donors (Lipinski definition) is 0. The van der Waals surface area contributed by atoms with Crippen LogP contribution in [0.15, 0.2) is 60.7 Å². The van der Waals surface area contributed by atoms with E-state index in [2.05, 4.69) is 26.0 Å². The summed E-state index contributed by atoms with van der Waals surface area (Å²) in [6, 6.07) is 20.0. The summed E-state index contributed by atoms with van der Waals surface area (Å²) in [5, 5.41) is 0. The van der Waals surface area contributed by atoms with E-state index in [9.17, 15) is 9.59 Å². The summed E-state index contributed by atoms with van der Waals surface area (Å²) < 4.78 is 10.4. The second-order valence-electron chi connectivity index (χ2n) is 7.99. The van der Waals surface area contributed by atoms with Crippen LogP contribution in [0, 0.1) is 16.7 Å². The number of esters is 2. The highest BCUT2D eigenvalue weighted by Crippen LogP contribution is 2.95. The maximum Gasteiger partial charge on any atom is 0.314 e. The molecule has 2 aliphatic carbocycles. The predicted octanol–water partition coefficient (Wildman–Crippen LogP) is 3.71. The Kier molecular flexibility index (Phi) is 3.74. The van der Waals surface area contributed by atoms with E-state index in [4.69, 9.17) is 9.47 Å². The van der Waals surface area contributed by atoms with Gasteiger partial charge in [0.15, 0.2) is 0 Å². The van der Waals surface area contributed by atoms with Gasteiger partial charge in [-0.1, -0.05) is 74.5 Å². The van der Waals surface area contributed by atoms with Crippen LogP contribution in [0.5, 0.6) is 0 Å². The average molecular weight is 364 g/mol. The minimum absolute atomic E-state index is 0.150. The summed E-state index contributed by atoms with van der Waals surface area (Å²) in [5.41, 5.74) is 0.225. The van der Waals surface area contributed by atoms with Crippen molar-refractivity contribution in [3.05, 3.63) is 71.8 Å². The molecule has 0 unspecified atom stereocenters. The van der Waals surface area contributed by atoms with Crippen LogP contribution in [-0.4, -0.2) is 26.2 Å². The molecule has 0 heterocycles. The molecule has 4 heteroatoms. The zero-order chi connectivity index (χ0) is 19.4. The summed E-state index contributed by atoms with van der Waals surface area (Å²) in [6.07, 6.45) is 0. The highest BCUT2D eigenvalue weighted by Gasteiger charge is 3.00. The number of carbonyl (C=O) groups excluding carboxylic acids is 2. The Morgan fingerprint density at radius 2 is 1.41 bits per heavy atom. The molecule has 0 amide bonds. The van der Waals surface area contributed by atoms with Crippen LogP contribution < -0.4 is 0 Å². The van der Waals surface area contributed by atoms with E-state index in [0.717, 1.165) is 11.1 Å². The van der Waals surface area contributed by atoms with Crippen molar-refractivity contribution in [1.29, 1.82) is 0 Å². The monoisotopic (exact) mass is 364 g/mol. The van der Waals surface area contributed by atoms with E-state index in [1.165, 1.54) is 14.2 Å². The fourth-order valence-electron chi connectivity index (χ4n) is 6.33. The van der Waals surface area contributed by atoms with Crippen molar-refractivity contribution in [3.8, 4) is 0 Å². The standard InChI is InChI=1S/C23H24O4/c1-21(2)22(16-13-9-6-10-14-16)17(15-11-7-5-8-12-15)18(19(24)26-3)23(21,22)20(25)27-4/h5-14,17-18H,1-4H3/t17-,18-,22+,23-/m0/s1. The normalized spacial score (nSPS) is 32.6. The Labute approximate surface area is 159 Å². The number of hydrogen-bond acceptors (Lipinski definition) is 4. The molecule has 4 atom stereocenters. The van der Waals surface area contributed by atoms with Crippen molar-refractivity contribution in [2.45, 2.75) is 25.2 Å². The molecule has 0 saturated heterocycles. The van der Waals surface area contributed by atoms with Gasteiger partial charge in [-0.3, -0.25) is 9.59 Å². The van der Waals surface area contributed by atoms with Gasteiger partial charge < -0.3 is 9.47 Å². The van der Waals surface area contributed by atoms with Crippen molar-refractivity contribution in [2.75, 3.05) is 14.2 Å². The summed E-state index contributed by atoms with van der Waals surface area (Å²) in [5.74, 6) is -1.42. The first kappa shape index (κ1) is 17.8. The smallest absolute Gasteiger partial charge is 0.314 e. The highest BCUT2D eigenvalue weighted by atomic mass is 16.5. The van der Waals surface area contributed by atoms with Crippen LogP contribution in [0.2, 0.25) is 0 Å². The van der Waals surface area contributed by atoms with Gasteiger partial charge in [0, 0.05) is 11.3 Å². The van der Waals surface area contributed by atoms with Gasteiger partial charge in [-0.25, -0.2) is 0 Å². The molecule has 27 heavy (non-hydrogen) atoms. The molecule has 0 aromatic heterocycles. The van der Waals surface area contributed by atoms with Gasteiger partial charge in [0.2, 0.25) is 0 Å². The number of benzene rings is 2. The SMILES string of the molecule is COC(=O)[C@@H]1[C@H](c2ccccc2)[C@]2(c3ccccc3)C(C)(C)[C@@]12C(=O)OC. The van der Waals surface area contributed by atoms with Crippen LogP contribution in [0.25, 0.3) is 0 Å². The predicted molar refractivity (Wildman–Crippen MR) is 101 cm³/mol. The van der Waals surface area contributed by atoms with Crippen LogP contribution >= 0.6 is 0 Å². The van der Waals surface area contributed by atoms with E-state index in [1.54, 1.807) is 0 Å². The lowest BCUT2D eigenvalue weighted by Gasteiger charge is -2.48. The third kappa shape index (κ3) is 1.74. The lowest BCUT2D eigenvalue weighted by Crippen LogP contribution is -2.55. The fraction of sp³-hybridized carbons (Fsp3) is 0.391. The molecular weight excluding hydrogens is 340 g/mol. The van der Waals surface area contributed by atoms with E-state index < -0.39 is 22.2 Å². The first-order valence-electron chi connectivity index (χ1n) is 9.19. The third-order valence-corrected chi connectivity index (χ3v) is 7.15. The first-order valence-corrected chi connectivity index (χ1v) is 9.19. The lowest BCUT2D eigenvalue weighted by molar-refractivity contribution is -0.170. The van der Waals surface area contributed by atoms with Gasteiger partial charge >= 0.3 is 11.9 Å². The highest BCUT2D eigenvalue weighted by molar-refractivity contribution is 5.99. The van der Waals surface area contributed by atoms with Crippen LogP contribution in [0.1, 0.15) is 30.9 Å². The minimum Gasteiger partial charge on any atom is -0.469 e. The van der Waals surface area contributed by atoms with E-state index in [-0.39, 0.29) is 17.9 Å². The zero-order valence-corrected chi connectivity index (χ0v) is 16.1. The molecule has 0 radical (unpaired) electrons. The van der Waals surface area contributed by atoms with Gasteiger partial charge in [0.1, 0.15) is 0 Å². The maximum atomic E-state index is 13.1. The molecule has 2 fully saturated rings. The molecule has 2 saturated carbocycles. The molecule has 140 valence electrons. The second kappa shape index (κ2) is 5.69. The Bertz CT molecular complexity index is 889. The molecule has 2 aromatic carbocycles. The maximum absolute atomic E-state index is 13.1. The first-order chi connectivity index (χ1) is 12.9. The van der Waals surface area contributed by atoms with Crippen molar-refractivity contribution in [3.63, 3.8) is 0 Å². The molecule has 0 spiro atoms. The minimum atomic E-state index is -0.927. The lowest BCUT2D eigenvalue weighted by atomic mass is 9.52. The van der Waals surface area contributed by atoms with E-state index in [1.807, 2.05) is 48.5 Å². The van der Waals surface area contributed by atoms with Crippen LogP contribution in [0.3, 0.4) is 0 Å². The van der Waals surface area contributed by atoms with Crippen molar-refractivity contribution in [1.82, 2.24) is 0 Å². The van der Waals surface area contributed by atoms with Gasteiger partial charge in [-0.2, -0.15) is 0 Å². The number of fused-ring (bicyclic) bond motifs is 1. The van der Waals surface area contributed by atoms with Gasteiger partial charge in [0.25, 0.3) is 0 Å². The topological polar surface area (TPSA) is 52.6 Å². The van der Waals surface area contributed by atoms with E-state index in [0.29, 0.717) is 0 Å². The fourth-order valence-corrected chi connectivity index (χ4v) is 6.33. The molecule has 0 N–H and O–H groups in total. The summed E-state index contributed by atoms with van der Waals surface area (Å²) in [7, 11) is 2.78. The number of carbonyl (C=O) groups is 2. The largest absolute Gasteiger partial charge is 0.469 e.